The number of nitrogens with zero attached hydrogens (tertiary/aromatic N) is 1. The minimum atomic E-state index is -5.55. The molecular weight excluding hydrogens is 414 g/mol. The molecule has 0 unspecified atom stereocenters. The van der Waals surface area contributed by atoms with Crippen LogP contribution in [0, 0.1) is 17.6 Å². The number of carbonyl (C=O) groups excluding carboxylic acids is 1. The van der Waals surface area contributed by atoms with E-state index in [0.717, 1.165) is 36.5 Å². The average Bonchev–Trinajstić information content (AvgIpc) is 2.65. The van der Waals surface area contributed by atoms with Gasteiger partial charge in [0.25, 0.3) is 12.1 Å². The van der Waals surface area contributed by atoms with E-state index in [1.165, 1.54) is 25.3 Å². The first-order chi connectivity index (χ1) is 13.6. The van der Waals surface area contributed by atoms with Gasteiger partial charge in [0.15, 0.2) is 4.54 Å². The van der Waals surface area contributed by atoms with Crippen molar-refractivity contribution in [2.75, 3.05) is 5.32 Å². The fourth-order valence-corrected chi connectivity index (χ4v) is 2.88. The molecule has 3 aromatic rings. The summed E-state index contributed by atoms with van der Waals surface area (Å²) in [5.41, 5.74) is 0.398. The zero-order valence-electron chi connectivity index (χ0n) is 14.8. The third-order valence-corrected chi connectivity index (χ3v) is 4.60. The Morgan fingerprint density at radius 1 is 1.10 bits per heavy atom. The van der Waals surface area contributed by atoms with Gasteiger partial charge in [-0.1, -0.05) is 0 Å². The van der Waals surface area contributed by atoms with Gasteiger partial charge in [-0.3, -0.25) is 4.79 Å². The van der Waals surface area contributed by atoms with Crippen molar-refractivity contribution in [3.05, 3.63) is 76.7 Å². The van der Waals surface area contributed by atoms with Crippen LogP contribution >= 0.6 is 11.2 Å². The fourth-order valence-electron chi connectivity index (χ4n) is 2.41. The van der Waals surface area contributed by atoms with E-state index in [1.54, 1.807) is 0 Å². The molecule has 0 saturated heterocycles. The van der Waals surface area contributed by atoms with Crippen molar-refractivity contribution in [2.45, 2.75) is 11.8 Å². The highest BCUT2D eigenvalue weighted by Gasteiger charge is 2.27. The van der Waals surface area contributed by atoms with Gasteiger partial charge in [-0.15, -0.1) is 16.8 Å². The maximum atomic E-state index is 13.3. The number of anilines is 1. The van der Waals surface area contributed by atoms with Crippen LogP contribution in [0.25, 0.3) is 0 Å². The lowest BCUT2D eigenvalue weighted by Crippen LogP contribution is -2.19. The molecule has 1 amide bonds. The van der Waals surface area contributed by atoms with E-state index in [0.29, 0.717) is 10.1 Å². The van der Waals surface area contributed by atoms with Gasteiger partial charge in [-0.05, 0) is 42.8 Å². The van der Waals surface area contributed by atoms with Crippen LogP contribution in [0.4, 0.5) is 21.7 Å². The second-order valence-electron chi connectivity index (χ2n) is 5.90. The van der Waals surface area contributed by atoms with Crippen LogP contribution in [0.15, 0.2) is 59.8 Å². The maximum absolute atomic E-state index is 13.3. The summed E-state index contributed by atoms with van der Waals surface area (Å²) < 4.78 is 58.8. The largest absolute Gasteiger partial charge is 0.456 e. The maximum Gasteiger partial charge on any atom is 0.259 e. The Morgan fingerprint density at radius 3 is 2.48 bits per heavy atom. The molecule has 0 atom stereocenters. The van der Waals surface area contributed by atoms with Crippen molar-refractivity contribution in [1.29, 1.82) is 0 Å². The quantitative estimate of drug-likeness (QED) is 0.431. The number of aromatic amines is 1. The minimum absolute atomic E-state index is 0.107. The van der Waals surface area contributed by atoms with Crippen LogP contribution in [0.5, 0.6) is 11.5 Å². The lowest BCUT2D eigenvalue weighted by atomic mass is 10.1. The van der Waals surface area contributed by atoms with Crippen LogP contribution in [0.1, 0.15) is 15.9 Å². The topological polar surface area (TPSA) is 77.1 Å². The van der Waals surface area contributed by atoms with Gasteiger partial charge in [-0.2, -0.15) is 0 Å². The molecule has 0 aliphatic rings. The van der Waals surface area contributed by atoms with Gasteiger partial charge in [0.2, 0.25) is 11.2 Å². The molecule has 2 aromatic carbocycles. The lowest BCUT2D eigenvalue weighted by molar-refractivity contribution is -0.564. The van der Waals surface area contributed by atoms with E-state index in [9.17, 15) is 25.7 Å². The van der Waals surface area contributed by atoms with E-state index >= 15 is 0 Å². The molecule has 11 heteroatoms. The molecule has 2 N–H and O–H groups in total. The number of amides is 1. The number of benzene rings is 2. The van der Waals surface area contributed by atoms with Crippen molar-refractivity contribution in [3.63, 3.8) is 0 Å². The molecule has 6 nitrogen and oxygen atoms in total. The lowest BCUT2D eigenvalue weighted by Gasteiger charge is -2.16. The van der Waals surface area contributed by atoms with Crippen molar-refractivity contribution in [3.8, 4) is 11.5 Å². The molecule has 1 aromatic heterocycles. The molecule has 0 aliphatic heterocycles. The molecule has 0 spiro atoms. The highest BCUT2D eigenvalue weighted by atomic mass is 32.3. The number of hydrogen-bond donors (Lipinski definition) is 2. The molecular formula is C18H14F4N3O3S+. The van der Waals surface area contributed by atoms with E-state index in [2.05, 4.69) is 10.4 Å². The highest BCUT2D eigenvalue weighted by molar-refractivity contribution is 8.20. The molecule has 29 heavy (non-hydrogen) atoms. The Kier molecular flexibility index (Phi) is 5.59. The summed E-state index contributed by atoms with van der Waals surface area (Å²) in [6.07, 6.45) is 2.31. The van der Waals surface area contributed by atoms with Gasteiger partial charge >= 0.3 is 0 Å². The molecule has 3 rings (SSSR count). The molecule has 0 saturated carbocycles. The number of ether oxygens (including phenoxy) is 1. The fraction of sp³-hybridized carbons (Fsp3) is 0.0556. The Labute approximate surface area is 163 Å². The van der Waals surface area contributed by atoms with Crippen molar-refractivity contribution in [1.82, 2.24) is 5.10 Å². The smallest absolute Gasteiger partial charge is 0.259 e. The zero-order valence-corrected chi connectivity index (χ0v) is 15.6. The number of nitrogens with one attached hydrogen (secondary N) is 2. The van der Waals surface area contributed by atoms with Crippen molar-refractivity contribution < 1.29 is 30.1 Å². The Morgan fingerprint density at radius 2 is 1.86 bits per heavy atom. The number of aryl methyl sites for hydroxylation is 1. The Balaban J connectivity index is 1.99. The second kappa shape index (κ2) is 7.95. The predicted molar refractivity (Wildman–Crippen MR) is 98.9 cm³/mol. The van der Waals surface area contributed by atoms with E-state index in [-0.39, 0.29) is 22.7 Å². The molecule has 0 fully saturated rings. The van der Waals surface area contributed by atoms with Gasteiger partial charge in [0, 0.05) is 12.1 Å². The van der Waals surface area contributed by atoms with E-state index < -0.39 is 27.8 Å². The van der Waals surface area contributed by atoms with Gasteiger partial charge in [0.1, 0.15) is 17.3 Å². The van der Waals surface area contributed by atoms with E-state index in [4.69, 9.17) is 4.74 Å². The third-order valence-electron chi connectivity index (χ3n) is 3.82. The number of carbonyl (C=O) groups is 1. The van der Waals surface area contributed by atoms with Crippen LogP contribution in [0.2, 0.25) is 0 Å². The van der Waals surface area contributed by atoms with Crippen LogP contribution in [-0.2, 0) is 0 Å². The van der Waals surface area contributed by atoms with Gasteiger partial charge in [0.05, 0.1) is 27.3 Å². The second-order valence-corrected chi connectivity index (χ2v) is 7.18. The van der Waals surface area contributed by atoms with Crippen LogP contribution in [-0.4, -0.2) is 11.0 Å². The number of rotatable bonds is 5. The average molecular weight is 428 g/mol. The monoisotopic (exact) mass is 428 g/mol. The van der Waals surface area contributed by atoms with Gasteiger partial charge in [-0.25, -0.2) is 4.39 Å². The molecule has 0 aliphatic carbocycles. The van der Waals surface area contributed by atoms with Gasteiger partial charge < -0.3 is 10.1 Å². The Bertz CT molecular complexity index is 1110. The van der Waals surface area contributed by atoms with Crippen LogP contribution in [0.3, 0.4) is 0 Å². The first-order valence-electron chi connectivity index (χ1n) is 8.06. The van der Waals surface area contributed by atoms with Crippen molar-refractivity contribution in [2.24, 2.45) is 0 Å². The number of aromatic nitrogens is 2. The summed E-state index contributed by atoms with van der Waals surface area (Å²) in [6, 6.07) is 7.34. The summed E-state index contributed by atoms with van der Waals surface area (Å²) in [5, 5.41) is 4.74. The number of halogens is 4. The third kappa shape index (κ3) is 4.93. The number of H-pyrrole nitrogens is 1. The minimum Gasteiger partial charge on any atom is -0.456 e. The standard InChI is InChI=1S/C18H13F4N3O3S/c1-11-8-12(19)2-5-16(11)28-17-9-14(29(20,21)22)3-4-15(17)18(26)24-13-6-7-25(27)23-10-13/h2-10H,1H3,(H-,23,24,26,27)/p+1. The Hall–Kier alpha value is -3.34. The highest BCUT2D eigenvalue weighted by Crippen LogP contribution is 2.61. The normalized spacial score (nSPS) is 11.8. The molecule has 152 valence electrons. The predicted octanol–water partition coefficient (Wildman–Crippen LogP) is 5.24. The van der Waals surface area contributed by atoms with E-state index in [1.807, 2.05) is 0 Å². The summed E-state index contributed by atoms with van der Waals surface area (Å²) in [6.45, 7) is 1.52. The molecule has 0 radical (unpaired) electrons. The molecule has 0 bridgehead atoms. The molecule has 1 heterocycles. The first-order valence-corrected chi connectivity index (χ1v) is 9.39. The van der Waals surface area contributed by atoms with Crippen molar-refractivity contribution >= 4 is 22.8 Å². The summed E-state index contributed by atoms with van der Waals surface area (Å²) in [5.74, 6) is -1.51. The summed E-state index contributed by atoms with van der Waals surface area (Å²) >= 11 is -5.55. The van der Waals surface area contributed by atoms with Crippen LogP contribution < -0.4 is 14.6 Å². The SMILES string of the molecule is Cc1cc(F)ccc1Oc1cc(S(F)(F)F)ccc1C(=O)Nc1cc[n+](=O)[nH]c1. The summed E-state index contributed by atoms with van der Waals surface area (Å²) in [4.78, 5) is 22.7. The number of hydrogen-bond acceptors (Lipinski definition) is 3. The summed E-state index contributed by atoms with van der Waals surface area (Å²) in [7, 11) is 0. The first kappa shape index (κ1) is 20.4. The zero-order chi connectivity index (χ0) is 21.2.